The largest absolute Gasteiger partial charge is 0.384 e. The van der Waals surface area contributed by atoms with E-state index < -0.39 is 6.10 Å². The molecule has 4 heteroatoms. The molecule has 1 atom stereocenters. The van der Waals surface area contributed by atoms with Crippen molar-refractivity contribution in [1.29, 1.82) is 0 Å². The average molecular weight is 283 g/mol. The van der Waals surface area contributed by atoms with Crippen LogP contribution in [0.4, 0.5) is 0 Å². The first-order valence-corrected chi connectivity index (χ1v) is 6.97. The molecule has 0 fully saturated rings. The van der Waals surface area contributed by atoms with Gasteiger partial charge in [-0.1, -0.05) is 35.9 Å². The Kier molecular flexibility index (Phi) is 4.78. The molecule has 1 aromatic heterocycles. The Balaban J connectivity index is 2.12. The fourth-order valence-electron chi connectivity index (χ4n) is 1.74. The van der Waals surface area contributed by atoms with E-state index in [2.05, 4.69) is 0 Å². The first-order chi connectivity index (χ1) is 8.72. The number of benzene rings is 1. The fraction of sp³-hybridized carbons (Fsp3) is 0.286. The molecule has 0 saturated heterocycles. The minimum Gasteiger partial charge on any atom is -0.384 e. The van der Waals surface area contributed by atoms with Gasteiger partial charge in [0.05, 0.1) is 16.5 Å². The highest BCUT2D eigenvalue weighted by Gasteiger charge is 2.14. The van der Waals surface area contributed by atoms with Crippen molar-refractivity contribution < 1.29 is 9.84 Å². The van der Waals surface area contributed by atoms with Gasteiger partial charge in [-0.05, 0) is 29.0 Å². The normalized spacial score (nSPS) is 12.6. The molecule has 2 rings (SSSR count). The molecular formula is C14H15ClO2S. The van der Waals surface area contributed by atoms with E-state index in [1.54, 1.807) is 13.2 Å². The summed E-state index contributed by atoms with van der Waals surface area (Å²) >= 11 is 7.49. The van der Waals surface area contributed by atoms with Crippen LogP contribution < -0.4 is 0 Å². The monoisotopic (exact) mass is 282 g/mol. The highest BCUT2D eigenvalue weighted by atomic mass is 35.5. The predicted molar refractivity (Wildman–Crippen MR) is 75.4 cm³/mol. The Morgan fingerprint density at radius 3 is 2.56 bits per heavy atom. The van der Waals surface area contributed by atoms with Crippen LogP contribution in [0.2, 0.25) is 5.02 Å². The number of ether oxygens (including phenoxy) is 1. The maximum Gasteiger partial charge on any atom is 0.115 e. The van der Waals surface area contributed by atoms with E-state index >= 15 is 0 Å². The van der Waals surface area contributed by atoms with Crippen molar-refractivity contribution >= 4 is 22.9 Å². The Labute approximate surface area is 116 Å². The van der Waals surface area contributed by atoms with Gasteiger partial charge in [0.25, 0.3) is 0 Å². The molecule has 2 nitrogen and oxygen atoms in total. The van der Waals surface area contributed by atoms with Crippen molar-refractivity contribution in [3.63, 3.8) is 0 Å². The number of rotatable bonds is 5. The zero-order valence-corrected chi connectivity index (χ0v) is 11.7. The molecule has 1 N–H and O–H groups in total. The van der Waals surface area contributed by atoms with Crippen molar-refractivity contribution in [2.24, 2.45) is 0 Å². The van der Waals surface area contributed by atoms with Gasteiger partial charge in [0.1, 0.15) is 6.10 Å². The third-order valence-corrected chi connectivity index (χ3v) is 4.19. The Bertz CT molecular complexity index is 493. The van der Waals surface area contributed by atoms with Gasteiger partial charge in [-0.15, -0.1) is 11.3 Å². The summed E-state index contributed by atoms with van der Waals surface area (Å²) in [7, 11) is 1.69. The third-order valence-electron chi connectivity index (χ3n) is 2.78. The highest BCUT2D eigenvalue weighted by molar-refractivity contribution is 7.10. The first kappa shape index (κ1) is 13.6. The fourth-order valence-corrected chi connectivity index (χ4v) is 2.91. The van der Waals surface area contributed by atoms with Crippen LogP contribution in [-0.2, 0) is 11.2 Å². The predicted octanol–water partition coefficient (Wildman–Crippen LogP) is 3.67. The van der Waals surface area contributed by atoms with Crippen LogP contribution in [0.15, 0.2) is 35.7 Å². The van der Waals surface area contributed by atoms with Gasteiger partial charge in [-0.3, -0.25) is 0 Å². The molecule has 1 heterocycles. The summed E-state index contributed by atoms with van der Waals surface area (Å²) in [5.74, 6) is 0. The molecule has 1 aromatic carbocycles. The van der Waals surface area contributed by atoms with Crippen molar-refractivity contribution in [3.05, 3.63) is 56.7 Å². The standard InChI is InChI=1S/C14H15ClO2S/c1-17-8-6-10-2-4-11(5-3-10)13(16)14-12(15)7-9-18-14/h2-5,7,9,13,16H,6,8H2,1H3. The van der Waals surface area contributed by atoms with Gasteiger partial charge in [-0.25, -0.2) is 0 Å². The Hall–Kier alpha value is -0.870. The number of aliphatic hydroxyl groups is 1. The Morgan fingerprint density at radius 1 is 1.28 bits per heavy atom. The smallest absolute Gasteiger partial charge is 0.115 e. The molecule has 0 aliphatic rings. The van der Waals surface area contributed by atoms with Gasteiger partial charge in [0.15, 0.2) is 0 Å². The van der Waals surface area contributed by atoms with Crippen LogP contribution >= 0.6 is 22.9 Å². The van der Waals surface area contributed by atoms with Crippen molar-refractivity contribution in [3.8, 4) is 0 Å². The lowest BCUT2D eigenvalue weighted by Gasteiger charge is -2.10. The molecule has 2 aromatic rings. The summed E-state index contributed by atoms with van der Waals surface area (Å²) in [6.07, 6.45) is 0.237. The van der Waals surface area contributed by atoms with E-state index in [0.717, 1.165) is 16.9 Å². The van der Waals surface area contributed by atoms with Crippen LogP contribution in [0.1, 0.15) is 22.1 Å². The summed E-state index contributed by atoms with van der Waals surface area (Å²) in [5, 5.41) is 12.7. The van der Waals surface area contributed by atoms with Crippen molar-refractivity contribution in [1.82, 2.24) is 0 Å². The van der Waals surface area contributed by atoms with Gasteiger partial charge in [-0.2, -0.15) is 0 Å². The van der Waals surface area contributed by atoms with E-state index in [1.807, 2.05) is 29.6 Å². The first-order valence-electron chi connectivity index (χ1n) is 5.71. The summed E-state index contributed by atoms with van der Waals surface area (Å²) in [6, 6.07) is 9.70. The molecule has 96 valence electrons. The van der Waals surface area contributed by atoms with Gasteiger partial charge < -0.3 is 9.84 Å². The SMILES string of the molecule is COCCc1ccc(C(O)c2sccc2Cl)cc1. The van der Waals surface area contributed by atoms with Crippen LogP contribution in [0.5, 0.6) is 0 Å². The zero-order chi connectivity index (χ0) is 13.0. The Morgan fingerprint density at radius 2 is 2.00 bits per heavy atom. The van der Waals surface area contributed by atoms with Crippen LogP contribution in [-0.4, -0.2) is 18.8 Å². The second kappa shape index (κ2) is 6.34. The van der Waals surface area contributed by atoms with Gasteiger partial charge >= 0.3 is 0 Å². The summed E-state index contributed by atoms with van der Waals surface area (Å²) in [5.41, 5.74) is 2.06. The number of methoxy groups -OCH3 is 1. The molecule has 0 aliphatic carbocycles. The summed E-state index contributed by atoms with van der Waals surface area (Å²) in [6.45, 7) is 0.707. The van der Waals surface area contributed by atoms with Gasteiger partial charge in [0.2, 0.25) is 0 Å². The second-order valence-electron chi connectivity index (χ2n) is 4.02. The lowest BCUT2D eigenvalue weighted by atomic mass is 10.0. The number of aliphatic hydroxyl groups excluding tert-OH is 1. The molecule has 0 amide bonds. The minimum absolute atomic E-state index is 0.621. The molecule has 0 saturated carbocycles. The average Bonchev–Trinajstić information content (AvgIpc) is 2.82. The molecule has 18 heavy (non-hydrogen) atoms. The number of hydrogen-bond donors (Lipinski definition) is 1. The molecule has 0 aliphatic heterocycles. The molecule has 0 bridgehead atoms. The topological polar surface area (TPSA) is 29.5 Å². The summed E-state index contributed by atoms with van der Waals surface area (Å²) < 4.78 is 5.03. The lowest BCUT2D eigenvalue weighted by Crippen LogP contribution is -1.99. The van der Waals surface area contributed by atoms with Crippen LogP contribution in [0.3, 0.4) is 0 Å². The quantitative estimate of drug-likeness (QED) is 0.907. The third kappa shape index (κ3) is 3.12. The summed E-state index contributed by atoms with van der Waals surface area (Å²) in [4.78, 5) is 0.793. The van der Waals surface area contributed by atoms with Crippen molar-refractivity contribution in [2.45, 2.75) is 12.5 Å². The zero-order valence-electron chi connectivity index (χ0n) is 10.1. The van der Waals surface area contributed by atoms with E-state index in [9.17, 15) is 5.11 Å². The number of thiophene rings is 1. The highest BCUT2D eigenvalue weighted by Crippen LogP contribution is 2.32. The lowest BCUT2D eigenvalue weighted by molar-refractivity contribution is 0.202. The van der Waals surface area contributed by atoms with E-state index in [4.69, 9.17) is 16.3 Å². The van der Waals surface area contributed by atoms with E-state index in [0.29, 0.717) is 11.6 Å². The molecular weight excluding hydrogens is 268 g/mol. The van der Waals surface area contributed by atoms with Crippen LogP contribution in [0.25, 0.3) is 0 Å². The van der Waals surface area contributed by atoms with Crippen molar-refractivity contribution in [2.75, 3.05) is 13.7 Å². The maximum absolute atomic E-state index is 10.2. The van der Waals surface area contributed by atoms with Crippen LogP contribution in [0, 0.1) is 0 Å². The molecule has 0 radical (unpaired) electrons. The number of halogens is 1. The van der Waals surface area contributed by atoms with Gasteiger partial charge in [0, 0.05) is 7.11 Å². The molecule has 1 unspecified atom stereocenters. The van der Waals surface area contributed by atoms with E-state index in [-0.39, 0.29) is 0 Å². The number of hydrogen-bond acceptors (Lipinski definition) is 3. The minimum atomic E-state index is -0.644. The molecule has 0 spiro atoms. The second-order valence-corrected chi connectivity index (χ2v) is 5.37. The maximum atomic E-state index is 10.2. The van der Waals surface area contributed by atoms with E-state index in [1.165, 1.54) is 16.9 Å².